The molecule has 3 rings (SSSR count). The van der Waals surface area contributed by atoms with E-state index >= 15 is 0 Å². The van der Waals surface area contributed by atoms with Gasteiger partial charge in [0.05, 0.1) is 24.8 Å². The number of nitrogens with two attached hydrogens (primary N) is 1. The molecule has 4 atom stereocenters. The van der Waals surface area contributed by atoms with E-state index in [1.807, 2.05) is 47.0 Å². The zero-order chi connectivity index (χ0) is 34.6. The van der Waals surface area contributed by atoms with Crippen LogP contribution < -0.4 is 17.0 Å². The summed E-state index contributed by atoms with van der Waals surface area (Å²) in [7, 11) is -8.19. The first-order chi connectivity index (χ1) is 20.3. The first-order valence-electron chi connectivity index (χ1n) is 14.8. The van der Waals surface area contributed by atoms with Crippen LogP contribution in [0.1, 0.15) is 53.3 Å². The number of hydrogen-bond donors (Lipinski definition) is 1. The molecule has 1 aromatic rings. The van der Waals surface area contributed by atoms with Crippen LogP contribution in [0.3, 0.4) is 0 Å². The standard InChI is InChI=1S/C29H49N3O10SSi2/c1-19-16-32(26(35)31(24(19)34)15-13-14-22(33)38-8)25-23(41-45(11,12)28(5,6)7)29(20(30)18-43(36,37)42-29)21(40-25)17-39-44(9,10)27(2,3)4/h13-14,16,18,21,23,25H,15,17,30H2,1-12H3/b14-13+. The molecule has 0 saturated carbocycles. The molecule has 2 aliphatic heterocycles. The second kappa shape index (κ2) is 12.4. The molecule has 45 heavy (non-hydrogen) atoms. The molecule has 0 radical (unpaired) electrons. The number of hydrogen-bond acceptors (Lipinski definition) is 11. The molecule has 0 amide bonds. The minimum absolute atomic E-state index is 0.0936. The Morgan fingerprint density at radius 3 is 2.16 bits per heavy atom. The van der Waals surface area contributed by atoms with Crippen molar-refractivity contribution in [3.63, 3.8) is 0 Å². The van der Waals surface area contributed by atoms with Crippen molar-refractivity contribution in [3.8, 4) is 0 Å². The van der Waals surface area contributed by atoms with Gasteiger partial charge in [-0.1, -0.05) is 47.6 Å². The van der Waals surface area contributed by atoms with Gasteiger partial charge in [0.1, 0.15) is 12.2 Å². The summed E-state index contributed by atoms with van der Waals surface area (Å²) in [6.45, 7) is 21.5. The van der Waals surface area contributed by atoms with Gasteiger partial charge in [0.15, 0.2) is 28.5 Å². The molecule has 3 heterocycles. The van der Waals surface area contributed by atoms with Crippen LogP contribution in [-0.2, 0) is 44.0 Å². The van der Waals surface area contributed by atoms with Gasteiger partial charge in [0, 0.05) is 24.4 Å². The first kappa shape index (κ1) is 37.1. The number of ether oxygens (including phenoxy) is 2. The van der Waals surface area contributed by atoms with Crippen LogP contribution in [-0.4, -0.2) is 71.7 Å². The van der Waals surface area contributed by atoms with Crippen LogP contribution in [0.2, 0.25) is 36.3 Å². The van der Waals surface area contributed by atoms with Gasteiger partial charge >= 0.3 is 11.7 Å². The summed E-state index contributed by atoms with van der Waals surface area (Å²) in [5, 5.41) is 0.329. The average molecular weight is 688 g/mol. The molecule has 13 nitrogen and oxygen atoms in total. The largest absolute Gasteiger partial charge is 0.466 e. The van der Waals surface area contributed by atoms with Crippen molar-refractivity contribution in [2.24, 2.45) is 5.73 Å². The molecular formula is C29H49N3O10SSi2. The Morgan fingerprint density at radius 1 is 1.09 bits per heavy atom. The maximum absolute atomic E-state index is 14.0. The van der Waals surface area contributed by atoms with E-state index in [1.54, 1.807) is 0 Å². The van der Waals surface area contributed by atoms with E-state index in [0.717, 1.165) is 16.1 Å². The molecule has 1 aromatic heterocycles. The first-order valence-corrected chi connectivity index (χ1v) is 22.1. The molecule has 1 saturated heterocycles. The summed E-state index contributed by atoms with van der Waals surface area (Å²) >= 11 is 0. The average Bonchev–Trinajstić information content (AvgIpc) is 3.31. The second-order valence-electron chi connectivity index (χ2n) is 14.7. The van der Waals surface area contributed by atoms with Crippen LogP contribution in [0.15, 0.2) is 39.0 Å². The highest BCUT2D eigenvalue weighted by Crippen LogP contribution is 2.52. The Bertz CT molecular complexity index is 1600. The third-order valence-corrected chi connectivity index (χ3v) is 19.5. The third-order valence-electron chi connectivity index (χ3n) is 9.45. The molecule has 16 heteroatoms. The summed E-state index contributed by atoms with van der Waals surface area (Å²) in [5.41, 5.74) is 3.40. The van der Waals surface area contributed by atoms with E-state index in [1.165, 1.54) is 30.9 Å². The topological polar surface area (TPSA) is 167 Å². The van der Waals surface area contributed by atoms with E-state index in [4.69, 9.17) is 23.5 Å². The number of rotatable bonds is 9. The highest BCUT2D eigenvalue weighted by atomic mass is 32.2. The number of nitrogens with zero attached hydrogens (tertiary/aromatic N) is 2. The lowest BCUT2D eigenvalue weighted by atomic mass is 9.89. The van der Waals surface area contributed by atoms with Gasteiger partial charge in [-0.15, -0.1) is 0 Å². The van der Waals surface area contributed by atoms with Crippen molar-refractivity contribution in [3.05, 3.63) is 55.9 Å². The molecule has 0 aromatic carbocycles. The Balaban J connectivity index is 2.28. The van der Waals surface area contributed by atoms with Crippen LogP contribution in [0.25, 0.3) is 0 Å². The van der Waals surface area contributed by atoms with Gasteiger partial charge in [0.25, 0.3) is 15.7 Å². The minimum atomic E-state index is -4.26. The van der Waals surface area contributed by atoms with Gasteiger partial charge < -0.3 is 24.1 Å². The van der Waals surface area contributed by atoms with E-state index < -0.39 is 68.0 Å². The van der Waals surface area contributed by atoms with Gasteiger partial charge in [-0.2, -0.15) is 8.42 Å². The minimum Gasteiger partial charge on any atom is -0.466 e. The molecular weight excluding hydrogens is 639 g/mol. The molecule has 0 bridgehead atoms. The lowest BCUT2D eigenvalue weighted by Gasteiger charge is -2.43. The van der Waals surface area contributed by atoms with E-state index in [2.05, 4.69) is 25.5 Å². The van der Waals surface area contributed by atoms with Gasteiger partial charge in [-0.05, 0) is 43.2 Å². The third kappa shape index (κ3) is 7.16. The summed E-state index contributed by atoms with van der Waals surface area (Å²) in [4.78, 5) is 38.7. The number of aryl methyl sites for hydroxylation is 1. The summed E-state index contributed by atoms with van der Waals surface area (Å²) in [5.74, 6) is -0.647. The Hall–Kier alpha value is -2.35. The predicted molar refractivity (Wildman–Crippen MR) is 175 cm³/mol. The van der Waals surface area contributed by atoms with Gasteiger partial charge in [-0.3, -0.25) is 13.9 Å². The van der Waals surface area contributed by atoms with Crippen molar-refractivity contribution in [1.82, 2.24) is 9.13 Å². The van der Waals surface area contributed by atoms with Crippen LogP contribution in [0, 0.1) is 6.92 Å². The lowest BCUT2D eigenvalue weighted by molar-refractivity contribution is -0.134. The fourth-order valence-corrected chi connectivity index (χ4v) is 8.14. The quantitative estimate of drug-likeness (QED) is 0.175. The van der Waals surface area contributed by atoms with Crippen LogP contribution in [0.5, 0.6) is 0 Å². The predicted octanol–water partition coefficient (Wildman–Crippen LogP) is 3.26. The lowest BCUT2D eigenvalue weighted by Crippen LogP contribution is -2.59. The second-order valence-corrected chi connectivity index (χ2v) is 25.6. The fourth-order valence-electron chi connectivity index (χ4n) is 4.64. The van der Waals surface area contributed by atoms with Crippen molar-refractivity contribution in [1.29, 1.82) is 0 Å². The summed E-state index contributed by atoms with van der Waals surface area (Å²) in [6.07, 6.45) is 0.198. The molecule has 254 valence electrons. The van der Waals surface area contributed by atoms with Gasteiger partial charge in [-0.25, -0.2) is 13.8 Å². The maximum Gasteiger partial charge on any atom is 0.333 e. The SMILES string of the molecule is COC(=O)/C=C/Cn1c(=O)c(C)cn(C2OC(CO[Si](C)(C)C(C)(C)C)C3(OS(=O)(=O)C=C3N)C2O[Si](C)(C)C(C)(C)C)c1=O. The van der Waals surface area contributed by atoms with Crippen molar-refractivity contribution in [2.45, 2.75) is 115 Å². The van der Waals surface area contributed by atoms with Gasteiger partial charge in [0.2, 0.25) is 0 Å². The van der Waals surface area contributed by atoms with E-state index in [-0.39, 0.29) is 34.5 Å². The van der Waals surface area contributed by atoms with Crippen molar-refractivity contribution in [2.75, 3.05) is 13.7 Å². The highest BCUT2D eigenvalue weighted by Gasteiger charge is 2.67. The molecule has 1 fully saturated rings. The highest BCUT2D eigenvalue weighted by molar-refractivity contribution is 7.90. The smallest absolute Gasteiger partial charge is 0.333 e. The number of allylic oxidation sites excluding steroid dienone is 1. The van der Waals surface area contributed by atoms with Crippen molar-refractivity contribution < 1.29 is 35.7 Å². The molecule has 1 spiro atoms. The van der Waals surface area contributed by atoms with E-state index in [9.17, 15) is 22.8 Å². The molecule has 2 aliphatic rings. The normalized spacial score (nSPS) is 25.7. The maximum atomic E-state index is 14.0. The Labute approximate surface area is 267 Å². The monoisotopic (exact) mass is 687 g/mol. The number of aromatic nitrogens is 2. The van der Waals surface area contributed by atoms with Crippen molar-refractivity contribution >= 4 is 32.7 Å². The zero-order valence-corrected chi connectivity index (χ0v) is 31.2. The van der Waals surface area contributed by atoms with E-state index in [0.29, 0.717) is 0 Å². The number of esters is 1. The number of carbonyl (C=O) groups excluding carboxylic acids is 1. The molecule has 0 aliphatic carbocycles. The molecule has 2 N–H and O–H groups in total. The summed E-state index contributed by atoms with van der Waals surface area (Å²) in [6, 6.07) is 0. The zero-order valence-electron chi connectivity index (χ0n) is 28.4. The Morgan fingerprint density at radius 2 is 1.67 bits per heavy atom. The summed E-state index contributed by atoms with van der Waals surface area (Å²) < 4.78 is 58.6. The fraction of sp³-hybridized carbons (Fsp3) is 0.690. The van der Waals surface area contributed by atoms with Crippen LogP contribution in [0.4, 0.5) is 0 Å². The number of methoxy groups -OCH3 is 1. The Kier molecular flexibility index (Phi) is 10.2. The van der Waals surface area contributed by atoms with Crippen LogP contribution >= 0.6 is 0 Å². The molecule has 4 unspecified atom stereocenters. The number of carbonyl (C=O) groups is 1.